The van der Waals surface area contributed by atoms with Crippen molar-refractivity contribution in [1.82, 2.24) is 9.97 Å². The van der Waals surface area contributed by atoms with Crippen LogP contribution in [0.3, 0.4) is 0 Å². The van der Waals surface area contributed by atoms with Crippen LogP contribution in [0.1, 0.15) is 54.4 Å². The summed E-state index contributed by atoms with van der Waals surface area (Å²) in [7, 11) is 0. The first-order valence-corrected chi connectivity index (χ1v) is 12.1. The molecule has 0 atom stereocenters. The number of halogens is 5. The average molecular weight is 530 g/mol. The van der Waals surface area contributed by atoms with Crippen LogP contribution in [0.4, 0.5) is 33.8 Å². The highest BCUT2D eigenvalue weighted by molar-refractivity contribution is 5.96. The molecule has 8 nitrogen and oxygen atoms in total. The molecule has 4 heterocycles. The Kier molecular flexibility index (Phi) is 7.69. The van der Waals surface area contributed by atoms with Gasteiger partial charge in [-0.1, -0.05) is 6.07 Å². The molecule has 2 aromatic rings. The van der Waals surface area contributed by atoms with Gasteiger partial charge in [0.2, 0.25) is 11.5 Å². The summed E-state index contributed by atoms with van der Waals surface area (Å²) in [6, 6.07) is 2.76. The van der Waals surface area contributed by atoms with Crippen molar-refractivity contribution < 1.29 is 40.7 Å². The van der Waals surface area contributed by atoms with Crippen molar-refractivity contribution in [3.8, 4) is 0 Å². The Morgan fingerprint density at radius 1 is 1.11 bits per heavy atom. The average Bonchev–Trinajstić information content (AvgIpc) is 3.31. The van der Waals surface area contributed by atoms with Gasteiger partial charge in [0.1, 0.15) is 5.82 Å². The van der Waals surface area contributed by atoms with Gasteiger partial charge in [-0.25, -0.2) is 13.8 Å². The summed E-state index contributed by atoms with van der Waals surface area (Å²) in [5.41, 5.74) is -1.10. The van der Waals surface area contributed by atoms with Gasteiger partial charge in [0, 0.05) is 51.6 Å². The van der Waals surface area contributed by atoms with E-state index in [1.807, 2.05) is 4.90 Å². The van der Waals surface area contributed by atoms with Gasteiger partial charge in [0.25, 0.3) is 11.9 Å². The van der Waals surface area contributed by atoms with Gasteiger partial charge in [0.15, 0.2) is 5.69 Å². The Morgan fingerprint density at radius 2 is 1.78 bits per heavy atom. The third-order valence-electron chi connectivity index (χ3n) is 6.52. The minimum atomic E-state index is -4.95. The number of pyridine rings is 1. The zero-order chi connectivity index (χ0) is 26.8. The molecular weight excluding hydrogens is 503 g/mol. The number of esters is 1. The molecule has 0 aliphatic carbocycles. The number of carbonyl (C=O) groups excluding carboxylic acids is 2. The summed E-state index contributed by atoms with van der Waals surface area (Å²) in [5, 5.41) is 0. The fraction of sp³-hybridized carbons (Fsp3) is 0.583. The lowest BCUT2D eigenvalue weighted by Gasteiger charge is -2.31. The number of rotatable bonds is 7. The first-order valence-electron chi connectivity index (χ1n) is 12.1. The third kappa shape index (κ3) is 6.37. The van der Waals surface area contributed by atoms with Crippen molar-refractivity contribution in [3.63, 3.8) is 0 Å². The van der Waals surface area contributed by atoms with Gasteiger partial charge in [-0.3, -0.25) is 9.59 Å². The van der Waals surface area contributed by atoms with E-state index in [1.165, 1.54) is 11.1 Å². The highest BCUT2D eigenvalue weighted by Gasteiger charge is 2.43. The summed E-state index contributed by atoms with van der Waals surface area (Å²) in [6.45, 7) is 2.80. The number of carbonyl (C=O) groups is 2. The van der Waals surface area contributed by atoms with Gasteiger partial charge in [-0.2, -0.15) is 18.2 Å². The summed E-state index contributed by atoms with van der Waals surface area (Å²) in [6.07, 6.45) is -3.82. The number of aromatic nitrogens is 2. The summed E-state index contributed by atoms with van der Waals surface area (Å²) in [5.74, 6) is -4.55. The zero-order valence-electron chi connectivity index (χ0n) is 20.2. The van der Waals surface area contributed by atoms with Crippen molar-refractivity contribution in [3.05, 3.63) is 35.3 Å². The largest absolute Gasteiger partial charge is 0.466 e. The molecule has 0 saturated carbocycles. The standard InChI is InChI=1S/C24H27F5N4O4/c1-2-36-21(35)16-5-9-32(10-6-16)18-4-3-15(14-30-18)13-17(34)19-20(24(27,28)29)31-22(37-19)33-11-7-23(25,26)8-12-33/h3-4,14,16H,2,5-13H2,1H3. The van der Waals surface area contributed by atoms with E-state index in [0.29, 0.717) is 43.9 Å². The van der Waals surface area contributed by atoms with Gasteiger partial charge >= 0.3 is 12.1 Å². The van der Waals surface area contributed by atoms with E-state index in [-0.39, 0.29) is 25.0 Å². The molecule has 0 unspecified atom stereocenters. The Hall–Kier alpha value is -3.25. The number of ether oxygens (including phenoxy) is 1. The van der Waals surface area contributed by atoms with E-state index in [4.69, 9.17) is 9.15 Å². The number of oxazole rings is 1. The molecule has 2 aliphatic rings. The minimum absolute atomic E-state index is 0.163. The second-order valence-corrected chi connectivity index (χ2v) is 9.15. The molecule has 202 valence electrons. The molecule has 0 N–H and O–H groups in total. The van der Waals surface area contributed by atoms with Crippen LogP contribution in [0.25, 0.3) is 0 Å². The number of nitrogens with zero attached hydrogens (tertiary/aromatic N) is 4. The lowest BCUT2D eigenvalue weighted by Crippen LogP contribution is -2.39. The predicted molar refractivity (Wildman–Crippen MR) is 122 cm³/mol. The Balaban J connectivity index is 1.42. The molecule has 0 amide bonds. The van der Waals surface area contributed by atoms with Gasteiger partial charge < -0.3 is 19.0 Å². The quantitative estimate of drug-likeness (QED) is 0.293. The predicted octanol–water partition coefficient (Wildman–Crippen LogP) is 4.53. The second-order valence-electron chi connectivity index (χ2n) is 9.15. The number of Topliss-reactive ketones (excluding diaryl/α,β-unsaturated/α-hetero) is 1. The van der Waals surface area contributed by atoms with Crippen molar-refractivity contribution in [2.75, 3.05) is 42.6 Å². The van der Waals surface area contributed by atoms with Crippen molar-refractivity contribution in [2.24, 2.45) is 5.92 Å². The fourth-order valence-electron chi connectivity index (χ4n) is 4.43. The number of alkyl halides is 5. The maximum absolute atomic E-state index is 13.6. The van der Waals surface area contributed by atoms with Gasteiger partial charge in [-0.05, 0) is 31.4 Å². The molecule has 37 heavy (non-hydrogen) atoms. The third-order valence-corrected chi connectivity index (χ3v) is 6.52. The molecule has 0 bridgehead atoms. The lowest BCUT2D eigenvalue weighted by atomic mass is 9.97. The van der Waals surface area contributed by atoms with Crippen LogP contribution in [0.5, 0.6) is 0 Å². The number of piperidine rings is 2. The highest BCUT2D eigenvalue weighted by atomic mass is 19.4. The fourth-order valence-corrected chi connectivity index (χ4v) is 4.43. The van der Waals surface area contributed by atoms with E-state index in [9.17, 15) is 31.5 Å². The van der Waals surface area contributed by atoms with E-state index in [2.05, 4.69) is 9.97 Å². The minimum Gasteiger partial charge on any atom is -0.466 e. The van der Waals surface area contributed by atoms with Crippen LogP contribution < -0.4 is 9.80 Å². The number of ketones is 1. The molecule has 13 heteroatoms. The van der Waals surface area contributed by atoms with Crippen LogP contribution in [0.2, 0.25) is 0 Å². The number of hydrogen-bond acceptors (Lipinski definition) is 8. The van der Waals surface area contributed by atoms with Gasteiger partial charge in [-0.15, -0.1) is 0 Å². The monoisotopic (exact) mass is 530 g/mol. The summed E-state index contributed by atoms with van der Waals surface area (Å²) in [4.78, 5) is 35.6. The first kappa shape index (κ1) is 26.8. The van der Waals surface area contributed by atoms with Crippen LogP contribution in [-0.2, 0) is 22.1 Å². The molecule has 0 radical (unpaired) electrons. The van der Waals surface area contributed by atoms with Crippen LogP contribution >= 0.6 is 0 Å². The molecule has 0 aromatic carbocycles. The van der Waals surface area contributed by atoms with Crippen LogP contribution in [0, 0.1) is 5.92 Å². The molecular formula is C24H27F5N4O4. The van der Waals surface area contributed by atoms with E-state index < -0.39 is 54.6 Å². The number of hydrogen-bond donors (Lipinski definition) is 0. The normalized spacial score (nSPS) is 18.6. The highest BCUT2D eigenvalue weighted by Crippen LogP contribution is 2.37. The van der Waals surface area contributed by atoms with Crippen molar-refractivity contribution >= 4 is 23.6 Å². The molecule has 2 aromatic heterocycles. The maximum atomic E-state index is 13.6. The van der Waals surface area contributed by atoms with E-state index in [0.717, 1.165) is 0 Å². The SMILES string of the molecule is CCOC(=O)C1CCN(c2ccc(CC(=O)c3oc(N4CCC(F)(F)CC4)nc3C(F)(F)F)cn2)CC1. The van der Waals surface area contributed by atoms with E-state index in [1.54, 1.807) is 19.1 Å². The number of anilines is 2. The van der Waals surface area contributed by atoms with E-state index >= 15 is 0 Å². The van der Waals surface area contributed by atoms with Crippen molar-refractivity contribution in [2.45, 2.75) is 51.1 Å². The molecule has 2 aliphatic heterocycles. The Bertz CT molecular complexity index is 1100. The molecule has 0 spiro atoms. The molecule has 4 rings (SSSR count). The second kappa shape index (κ2) is 10.6. The van der Waals surface area contributed by atoms with Crippen LogP contribution in [-0.4, -0.2) is 60.4 Å². The van der Waals surface area contributed by atoms with Gasteiger partial charge in [0.05, 0.1) is 12.5 Å². The topological polar surface area (TPSA) is 88.8 Å². The maximum Gasteiger partial charge on any atom is 0.437 e. The smallest absolute Gasteiger partial charge is 0.437 e. The zero-order valence-corrected chi connectivity index (χ0v) is 20.2. The molecule has 2 fully saturated rings. The Morgan fingerprint density at radius 3 is 2.35 bits per heavy atom. The molecule has 2 saturated heterocycles. The summed E-state index contributed by atoms with van der Waals surface area (Å²) >= 11 is 0. The van der Waals surface area contributed by atoms with Crippen molar-refractivity contribution in [1.29, 1.82) is 0 Å². The first-order chi connectivity index (χ1) is 17.5. The summed E-state index contributed by atoms with van der Waals surface area (Å²) < 4.78 is 77.8. The Labute approximate surface area is 209 Å². The lowest BCUT2D eigenvalue weighted by molar-refractivity contribution is -0.148. The van der Waals surface area contributed by atoms with Crippen LogP contribution in [0.15, 0.2) is 22.7 Å².